The Morgan fingerprint density at radius 1 is 1.17 bits per heavy atom. The van der Waals surface area contributed by atoms with E-state index >= 15 is 0 Å². The Balaban J connectivity index is 2.05. The molecule has 0 aliphatic rings. The first kappa shape index (κ1) is 16.3. The summed E-state index contributed by atoms with van der Waals surface area (Å²) in [6, 6.07) is 14.5. The summed E-state index contributed by atoms with van der Waals surface area (Å²) < 4.78 is 3.96. The zero-order chi connectivity index (χ0) is 17.3. The molecule has 0 atom stereocenters. The van der Waals surface area contributed by atoms with Gasteiger partial charge in [0.2, 0.25) is 0 Å². The third kappa shape index (κ3) is 2.92. The molecule has 0 radical (unpaired) electrons. The van der Waals surface area contributed by atoms with Gasteiger partial charge < -0.3 is 5.11 Å². The molecule has 6 heteroatoms. The van der Waals surface area contributed by atoms with E-state index in [0.717, 1.165) is 16.9 Å². The molecule has 0 unspecified atom stereocenters. The van der Waals surface area contributed by atoms with Gasteiger partial charge in [0, 0.05) is 13.3 Å². The summed E-state index contributed by atoms with van der Waals surface area (Å²) in [6.07, 6.45) is 1.61. The van der Waals surface area contributed by atoms with Crippen LogP contribution in [-0.4, -0.2) is 20.7 Å². The van der Waals surface area contributed by atoms with E-state index in [1.165, 1.54) is 0 Å². The molecular weight excluding hydrogens is 370 g/mol. The highest BCUT2D eigenvalue weighted by Crippen LogP contribution is 2.24. The normalized spacial score (nSPS) is 11.3. The number of aliphatic imine (C=N–C) groups is 1. The van der Waals surface area contributed by atoms with Crippen LogP contribution in [0, 0.1) is 6.92 Å². The Hall–Kier alpha value is -2.60. The number of hydrogen-bond donors (Lipinski definition) is 1. The number of para-hydroxylation sites is 1. The van der Waals surface area contributed by atoms with Crippen LogP contribution in [0.15, 0.2) is 62.8 Å². The Morgan fingerprint density at radius 2 is 1.88 bits per heavy atom. The monoisotopic (exact) mass is 385 g/mol. The van der Waals surface area contributed by atoms with Crippen LogP contribution < -0.4 is 5.56 Å². The van der Waals surface area contributed by atoms with E-state index in [0.29, 0.717) is 10.2 Å². The van der Waals surface area contributed by atoms with Crippen molar-refractivity contribution in [2.75, 3.05) is 0 Å². The van der Waals surface area contributed by atoms with Gasteiger partial charge in [-0.1, -0.05) is 18.2 Å². The Kier molecular flexibility index (Phi) is 4.40. The van der Waals surface area contributed by atoms with Crippen LogP contribution in [-0.2, 0) is 7.05 Å². The zero-order valence-electron chi connectivity index (χ0n) is 13.3. The number of phenols is 1. The van der Waals surface area contributed by atoms with Gasteiger partial charge in [-0.2, -0.15) is 0 Å². The maximum Gasteiger partial charge on any atom is 0.297 e. The SMILES string of the molecule is Cc1c(N=Cc2ccc(O)c(Br)c2)c(=O)n(-c2ccccc2)n1C. The quantitative estimate of drug-likeness (QED) is 0.698. The first-order valence-corrected chi connectivity index (χ1v) is 8.15. The largest absolute Gasteiger partial charge is 0.507 e. The molecule has 1 N–H and O–H groups in total. The minimum atomic E-state index is -0.171. The number of aromatic nitrogens is 2. The average Bonchev–Trinajstić information content (AvgIpc) is 2.79. The molecule has 0 amide bonds. The molecule has 5 nitrogen and oxygen atoms in total. The van der Waals surface area contributed by atoms with Crippen LogP contribution in [0.5, 0.6) is 5.75 Å². The molecular formula is C18H16BrN3O2. The van der Waals surface area contributed by atoms with Crippen molar-refractivity contribution >= 4 is 27.8 Å². The minimum absolute atomic E-state index is 0.162. The number of phenolic OH excluding ortho intramolecular Hbond substituents is 1. The maximum atomic E-state index is 12.7. The summed E-state index contributed by atoms with van der Waals surface area (Å²) in [4.78, 5) is 17.1. The highest BCUT2D eigenvalue weighted by Gasteiger charge is 2.14. The second-order valence-electron chi connectivity index (χ2n) is 5.38. The summed E-state index contributed by atoms with van der Waals surface area (Å²) in [7, 11) is 1.83. The third-order valence-electron chi connectivity index (χ3n) is 3.84. The van der Waals surface area contributed by atoms with Crippen LogP contribution in [0.25, 0.3) is 5.69 Å². The van der Waals surface area contributed by atoms with Gasteiger partial charge in [-0.3, -0.25) is 9.48 Å². The lowest BCUT2D eigenvalue weighted by atomic mass is 10.2. The highest BCUT2D eigenvalue weighted by atomic mass is 79.9. The van der Waals surface area contributed by atoms with Gasteiger partial charge in [-0.25, -0.2) is 9.67 Å². The predicted octanol–water partition coefficient (Wildman–Crippen LogP) is 3.70. The van der Waals surface area contributed by atoms with Gasteiger partial charge in [0.05, 0.1) is 15.9 Å². The lowest BCUT2D eigenvalue weighted by Crippen LogP contribution is -2.19. The number of rotatable bonds is 3. The van der Waals surface area contributed by atoms with E-state index in [2.05, 4.69) is 20.9 Å². The second-order valence-corrected chi connectivity index (χ2v) is 6.23. The maximum absolute atomic E-state index is 12.7. The lowest BCUT2D eigenvalue weighted by molar-refractivity contribution is 0.472. The summed E-state index contributed by atoms with van der Waals surface area (Å²) in [5, 5.41) is 9.53. The first-order chi connectivity index (χ1) is 11.5. The molecule has 24 heavy (non-hydrogen) atoms. The average molecular weight is 386 g/mol. The number of hydrogen-bond acceptors (Lipinski definition) is 3. The van der Waals surface area contributed by atoms with Crippen LogP contribution >= 0.6 is 15.9 Å². The summed E-state index contributed by atoms with van der Waals surface area (Å²) in [6.45, 7) is 1.86. The smallest absolute Gasteiger partial charge is 0.297 e. The summed E-state index contributed by atoms with van der Waals surface area (Å²) in [5.74, 6) is 0.162. The number of benzene rings is 2. The van der Waals surface area contributed by atoms with E-state index in [1.54, 1.807) is 33.8 Å². The second kappa shape index (κ2) is 6.49. The minimum Gasteiger partial charge on any atom is -0.507 e. The molecule has 3 rings (SSSR count). The van der Waals surface area contributed by atoms with Crippen molar-refractivity contribution in [3.8, 4) is 11.4 Å². The first-order valence-electron chi connectivity index (χ1n) is 7.35. The Labute approximate surface area is 147 Å². The molecule has 0 saturated heterocycles. The van der Waals surface area contributed by atoms with Crippen molar-refractivity contribution in [1.82, 2.24) is 9.36 Å². The number of aromatic hydroxyl groups is 1. The van der Waals surface area contributed by atoms with E-state index in [-0.39, 0.29) is 11.3 Å². The third-order valence-corrected chi connectivity index (χ3v) is 4.47. The fourth-order valence-corrected chi connectivity index (χ4v) is 2.84. The standard InChI is InChI=1S/C18H16BrN3O2/c1-12-17(20-11-13-8-9-16(23)15(19)10-13)18(24)22(21(12)2)14-6-4-3-5-7-14/h3-11,23H,1-2H3. The van der Waals surface area contributed by atoms with Gasteiger partial charge in [0.15, 0.2) is 5.69 Å². The topological polar surface area (TPSA) is 59.5 Å². The number of nitrogens with zero attached hydrogens (tertiary/aromatic N) is 3. The van der Waals surface area contributed by atoms with Crippen LogP contribution in [0.3, 0.4) is 0 Å². The van der Waals surface area contributed by atoms with Gasteiger partial charge in [0.25, 0.3) is 5.56 Å². The molecule has 0 aliphatic heterocycles. The van der Waals surface area contributed by atoms with E-state index in [9.17, 15) is 9.90 Å². The summed E-state index contributed by atoms with van der Waals surface area (Å²) >= 11 is 3.27. The Bertz CT molecular complexity index is 972. The van der Waals surface area contributed by atoms with Crippen molar-refractivity contribution in [2.24, 2.45) is 12.0 Å². The molecule has 0 bridgehead atoms. The molecule has 0 spiro atoms. The van der Waals surface area contributed by atoms with E-state index < -0.39 is 0 Å². The molecule has 3 aromatic rings. The lowest BCUT2D eigenvalue weighted by Gasteiger charge is -2.07. The van der Waals surface area contributed by atoms with Crippen molar-refractivity contribution in [3.63, 3.8) is 0 Å². The van der Waals surface area contributed by atoms with Gasteiger partial charge in [-0.05, 0) is 58.7 Å². The molecule has 0 aliphatic carbocycles. The van der Waals surface area contributed by atoms with Crippen molar-refractivity contribution in [2.45, 2.75) is 6.92 Å². The fourth-order valence-electron chi connectivity index (χ4n) is 2.45. The molecule has 2 aromatic carbocycles. The molecule has 0 saturated carbocycles. The molecule has 122 valence electrons. The van der Waals surface area contributed by atoms with Gasteiger partial charge in [0.1, 0.15) is 5.75 Å². The molecule has 1 heterocycles. The summed E-state index contributed by atoms with van der Waals surface area (Å²) in [5.41, 5.74) is 2.58. The van der Waals surface area contributed by atoms with Crippen molar-refractivity contribution in [3.05, 3.63) is 74.6 Å². The van der Waals surface area contributed by atoms with Crippen molar-refractivity contribution in [1.29, 1.82) is 0 Å². The van der Waals surface area contributed by atoms with Crippen molar-refractivity contribution < 1.29 is 5.11 Å². The molecule has 0 fully saturated rings. The predicted molar refractivity (Wildman–Crippen MR) is 98.8 cm³/mol. The fraction of sp³-hybridized carbons (Fsp3) is 0.111. The molecule has 1 aromatic heterocycles. The van der Waals surface area contributed by atoms with E-state index in [1.807, 2.05) is 44.3 Å². The van der Waals surface area contributed by atoms with Crippen LogP contribution in [0.1, 0.15) is 11.3 Å². The number of halogens is 1. The van der Waals surface area contributed by atoms with E-state index in [4.69, 9.17) is 0 Å². The Morgan fingerprint density at radius 3 is 2.54 bits per heavy atom. The highest BCUT2D eigenvalue weighted by molar-refractivity contribution is 9.10. The van der Waals surface area contributed by atoms with Gasteiger partial charge >= 0.3 is 0 Å². The van der Waals surface area contributed by atoms with Crippen LogP contribution in [0.2, 0.25) is 0 Å². The van der Waals surface area contributed by atoms with Gasteiger partial charge in [-0.15, -0.1) is 0 Å². The van der Waals surface area contributed by atoms with Crippen LogP contribution in [0.4, 0.5) is 5.69 Å². The zero-order valence-corrected chi connectivity index (χ0v) is 14.9.